The molecule has 39 heavy (non-hydrogen) atoms. The van der Waals surface area contributed by atoms with E-state index in [9.17, 15) is 27.2 Å². The molecule has 2 aromatic carbocycles. The van der Waals surface area contributed by atoms with Gasteiger partial charge in [-0.1, -0.05) is 38.1 Å². The SMILES string of the molecule is CC(C)CC(NC(=O)c1cnc2ccccc2n1)C(=O)N[C@H]1CCCN(S(=O)(=O)c2ccccc2F)CC1=O. The first-order valence-electron chi connectivity index (χ1n) is 12.7. The number of Topliss-reactive ketones (excluding diaryl/α,β-unsaturated/α-hetero) is 1. The van der Waals surface area contributed by atoms with Crippen LogP contribution in [-0.4, -0.2) is 65.5 Å². The van der Waals surface area contributed by atoms with Gasteiger partial charge in [-0.25, -0.2) is 17.8 Å². The maximum absolute atomic E-state index is 14.2. The number of para-hydroxylation sites is 2. The molecule has 206 valence electrons. The van der Waals surface area contributed by atoms with Crippen molar-refractivity contribution < 1.29 is 27.2 Å². The van der Waals surface area contributed by atoms with Crippen LogP contribution in [0.2, 0.25) is 0 Å². The second kappa shape index (κ2) is 12.0. The first-order valence-corrected chi connectivity index (χ1v) is 14.1. The lowest BCUT2D eigenvalue weighted by molar-refractivity contribution is -0.129. The van der Waals surface area contributed by atoms with E-state index >= 15 is 0 Å². The van der Waals surface area contributed by atoms with Gasteiger partial charge in [-0.05, 0) is 49.4 Å². The van der Waals surface area contributed by atoms with E-state index in [-0.39, 0.29) is 31.0 Å². The Labute approximate surface area is 226 Å². The predicted octanol–water partition coefficient (Wildman–Crippen LogP) is 2.45. The van der Waals surface area contributed by atoms with Crippen LogP contribution in [0.4, 0.5) is 4.39 Å². The Balaban J connectivity index is 1.45. The zero-order valence-electron chi connectivity index (χ0n) is 21.6. The van der Waals surface area contributed by atoms with Crippen molar-refractivity contribution in [1.29, 1.82) is 0 Å². The van der Waals surface area contributed by atoms with E-state index in [1.54, 1.807) is 18.2 Å². The normalized spacial score (nSPS) is 17.5. The highest BCUT2D eigenvalue weighted by atomic mass is 32.2. The van der Waals surface area contributed by atoms with Crippen LogP contribution < -0.4 is 10.6 Å². The second-order valence-electron chi connectivity index (χ2n) is 9.84. The van der Waals surface area contributed by atoms with Crippen molar-refractivity contribution in [3.05, 3.63) is 66.2 Å². The van der Waals surface area contributed by atoms with Crippen molar-refractivity contribution >= 4 is 38.7 Å². The Morgan fingerprint density at radius 1 is 1.10 bits per heavy atom. The van der Waals surface area contributed by atoms with Crippen LogP contribution in [0, 0.1) is 11.7 Å². The number of benzene rings is 2. The number of amides is 2. The van der Waals surface area contributed by atoms with Crippen molar-refractivity contribution in [1.82, 2.24) is 24.9 Å². The van der Waals surface area contributed by atoms with Gasteiger partial charge in [0.15, 0.2) is 5.78 Å². The van der Waals surface area contributed by atoms with Gasteiger partial charge in [-0.2, -0.15) is 4.31 Å². The summed E-state index contributed by atoms with van der Waals surface area (Å²) in [4.78, 5) is 47.3. The largest absolute Gasteiger partial charge is 0.344 e. The van der Waals surface area contributed by atoms with Crippen molar-refractivity contribution in [2.45, 2.75) is 50.1 Å². The standard InChI is InChI=1S/C27H30FN5O5S/c1-17(2)14-22(32-27(36)23-15-29-19-9-4-5-10-20(19)30-23)26(35)31-21-11-7-13-33(16-24(21)34)39(37,38)25-12-6-3-8-18(25)28/h3-6,8-10,12,15,17,21-22H,7,11,13-14,16H2,1-2H3,(H,31,35)(H,32,36)/t21-,22?/m0/s1. The third-order valence-electron chi connectivity index (χ3n) is 6.40. The molecule has 1 aliphatic heterocycles. The highest BCUT2D eigenvalue weighted by Crippen LogP contribution is 2.22. The van der Waals surface area contributed by atoms with E-state index in [1.165, 1.54) is 18.3 Å². The Morgan fingerprint density at radius 3 is 2.51 bits per heavy atom. The molecule has 2 N–H and O–H groups in total. The molecule has 1 aromatic heterocycles. The van der Waals surface area contributed by atoms with Crippen LogP contribution in [0.15, 0.2) is 59.6 Å². The van der Waals surface area contributed by atoms with Gasteiger partial charge in [0.05, 0.1) is 29.8 Å². The number of hydrogen-bond acceptors (Lipinski definition) is 7. The van der Waals surface area contributed by atoms with E-state index in [0.717, 1.165) is 16.4 Å². The van der Waals surface area contributed by atoms with Crippen molar-refractivity contribution in [3.63, 3.8) is 0 Å². The van der Waals surface area contributed by atoms with Gasteiger partial charge in [0.1, 0.15) is 22.4 Å². The van der Waals surface area contributed by atoms with E-state index < -0.39 is 57.0 Å². The summed E-state index contributed by atoms with van der Waals surface area (Å²) < 4.78 is 41.1. The van der Waals surface area contributed by atoms with E-state index in [2.05, 4.69) is 20.6 Å². The summed E-state index contributed by atoms with van der Waals surface area (Å²) in [7, 11) is -4.24. The lowest BCUT2D eigenvalue weighted by Crippen LogP contribution is -2.52. The van der Waals surface area contributed by atoms with Gasteiger partial charge in [-0.3, -0.25) is 19.4 Å². The Hall–Kier alpha value is -3.77. The van der Waals surface area contributed by atoms with Crippen LogP contribution in [-0.2, 0) is 19.6 Å². The molecule has 3 aromatic rings. The van der Waals surface area contributed by atoms with Crippen LogP contribution >= 0.6 is 0 Å². The lowest BCUT2D eigenvalue weighted by Gasteiger charge is -2.23. The molecule has 1 unspecified atom stereocenters. The van der Waals surface area contributed by atoms with Gasteiger partial charge in [-0.15, -0.1) is 0 Å². The number of rotatable bonds is 8. The fourth-order valence-corrected chi connectivity index (χ4v) is 5.93. The van der Waals surface area contributed by atoms with Gasteiger partial charge in [0, 0.05) is 6.54 Å². The maximum Gasteiger partial charge on any atom is 0.272 e. The zero-order valence-corrected chi connectivity index (χ0v) is 22.4. The van der Waals surface area contributed by atoms with E-state index in [4.69, 9.17) is 0 Å². The van der Waals surface area contributed by atoms with Gasteiger partial charge in [0.2, 0.25) is 15.9 Å². The number of fused-ring (bicyclic) bond motifs is 1. The molecule has 0 radical (unpaired) electrons. The lowest BCUT2D eigenvalue weighted by atomic mass is 10.0. The Bertz CT molecular complexity index is 1500. The number of ketones is 1. The highest BCUT2D eigenvalue weighted by molar-refractivity contribution is 7.89. The minimum atomic E-state index is -4.24. The van der Waals surface area contributed by atoms with Crippen LogP contribution in [0.3, 0.4) is 0 Å². The molecule has 1 saturated heterocycles. The predicted molar refractivity (Wildman–Crippen MR) is 142 cm³/mol. The molecule has 10 nitrogen and oxygen atoms in total. The molecule has 0 spiro atoms. The molecule has 12 heteroatoms. The number of nitrogens with zero attached hydrogens (tertiary/aromatic N) is 3. The number of sulfonamides is 1. The molecule has 2 atom stereocenters. The van der Waals surface area contributed by atoms with Gasteiger partial charge in [0.25, 0.3) is 5.91 Å². The van der Waals surface area contributed by atoms with Crippen LogP contribution in [0.1, 0.15) is 43.6 Å². The summed E-state index contributed by atoms with van der Waals surface area (Å²) in [5.41, 5.74) is 1.22. The first-order chi connectivity index (χ1) is 18.6. The van der Waals surface area contributed by atoms with Crippen molar-refractivity contribution in [2.24, 2.45) is 5.92 Å². The molecule has 2 amide bonds. The molecule has 0 saturated carbocycles. The molecule has 1 fully saturated rings. The Kier molecular flexibility index (Phi) is 8.66. The summed E-state index contributed by atoms with van der Waals surface area (Å²) in [6, 6.07) is 10.2. The molecule has 1 aliphatic rings. The highest BCUT2D eigenvalue weighted by Gasteiger charge is 2.35. The third kappa shape index (κ3) is 6.63. The smallest absolute Gasteiger partial charge is 0.272 e. The number of carbonyl (C=O) groups excluding carboxylic acids is 3. The van der Waals surface area contributed by atoms with E-state index in [1.807, 2.05) is 19.9 Å². The van der Waals surface area contributed by atoms with Gasteiger partial charge < -0.3 is 10.6 Å². The van der Waals surface area contributed by atoms with Crippen molar-refractivity contribution in [3.8, 4) is 0 Å². The summed E-state index contributed by atoms with van der Waals surface area (Å²) in [5, 5.41) is 5.39. The van der Waals surface area contributed by atoms with E-state index in [0.29, 0.717) is 17.5 Å². The minimum absolute atomic E-state index is 0.00156. The number of carbonyl (C=O) groups is 3. The second-order valence-corrected chi connectivity index (χ2v) is 11.7. The zero-order chi connectivity index (χ0) is 28.2. The molecular weight excluding hydrogens is 525 g/mol. The first kappa shape index (κ1) is 28.2. The Morgan fingerprint density at radius 2 is 1.79 bits per heavy atom. The van der Waals surface area contributed by atoms with Crippen molar-refractivity contribution in [2.75, 3.05) is 13.1 Å². The number of hydrogen-bond donors (Lipinski definition) is 2. The number of nitrogens with one attached hydrogen (secondary N) is 2. The summed E-state index contributed by atoms with van der Waals surface area (Å²) in [6.07, 6.45) is 2.11. The average Bonchev–Trinajstić information content (AvgIpc) is 3.09. The van der Waals surface area contributed by atoms with Gasteiger partial charge >= 0.3 is 0 Å². The summed E-state index contributed by atoms with van der Waals surface area (Å²) >= 11 is 0. The molecule has 0 bridgehead atoms. The average molecular weight is 556 g/mol. The van der Waals surface area contributed by atoms with Crippen LogP contribution in [0.5, 0.6) is 0 Å². The fraction of sp³-hybridized carbons (Fsp3) is 0.370. The maximum atomic E-state index is 14.2. The number of halogens is 1. The molecule has 4 rings (SSSR count). The number of aromatic nitrogens is 2. The molecule has 0 aliphatic carbocycles. The minimum Gasteiger partial charge on any atom is -0.344 e. The molecular formula is C27H30FN5O5S. The monoisotopic (exact) mass is 555 g/mol. The summed E-state index contributed by atoms with van der Waals surface area (Å²) in [5.74, 6) is -2.52. The molecule has 2 heterocycles. The third-order valence-corrected chi connectivity index (χ3v) is 8.28. The topological polar surface area (TPSA) is 138 Å². The fourth-order valence-electron chi connectivity index (χ4n) is 4.42. The van der Waals surface area contributed by atoms with Crippen LogP contribution in [0.25, 0.3) is 11.0 Å². The quantitative estimate of drug-likeness (QED) is 0.435. The summed E-state index contributed by atoms with van der Waals surface area (Å²) in [6.45, 7) is 3.28.